The number of carboxylic acid groups (broad SMARTS) is 1. The summed E-state index contributed by atoms with van der Waals surface area (Å²) in [6, 6.07) is -0.950. The minimum absolute atomic E-state index is 0.255. The van der Waals surface area contributed by atoms with Crippen LogP contribution < -0.4 is 0 Å². The fraction of sp³-hybridized carbons (Fsp3) is 0.500. The number of nitrogens with zero attached hydrogens (tertiary/aromatic N) is 2. The Hall–Kier alpha value is -1.78. The highest BCUT2D eigenvalue weighted by atomic mass is 16.4. The molecule has 1 fully saturated rings. The molecule has 17 heavy (non-hydrogen) atoms. The first-order valence-corrected chi connectivity index (χ1v) is 5.62. The molecule has 0 saturated carbocycles. The Morgan fingerprint density at radius 3 is 2.41 bits per heavy atom. The number of aliphatic carboxylic acids is 1. The molecule has 0 aromatic rings. The Morgan fingerprint density at radius 2 is 1.94 bits per heavy atom. The average Bonchev–Trinajstić information content (AvgIpc) is 2.76. The van der Waals surface area contributed by atoms with Crippen LogP contribution >= 0.6 is 0 Å². The molecule has 0 spiro atoms. The van der Waals surface area contributed by atoms with Gasteiger partial charge in [0.15, 0.2) is 0 Å². The van der Waals surface area contributed by atoms with Crippen molar-refractivity contribution in [3.8, 4) is 0 Å². The van der Waals surface area contributed by atoms with E-state index in [9.17, 15) is 9.59 Å². The maximum atomic E-state index is 12.1. The first-order chi connectivity index (χ1) is 8.11. The quantitative estimate of drug-likeness (QED) is 0.735. The van der Waals surface area contributed by atoms with Crippen LogP contribution in [0.4, 0.5) is 4.79 Å². The summed E-state index contributed by atoms with van der Waals surface area (Å²) in [6.45, 7) is 8.46. The second-order valence-corrected chi connectivity index (χ2v) is 3.95. The largest absolute Gasteiger partial charge is 0.480 e. The molecule has 0 unspecified atom stereocenters. The topological polar surface area (TPSA) is 60.9 Å². The summed E-state index contributed by atoms with van der Waals surface area (Å²) in [5.74, 6) is -0.937. The van der Waals surface area contributed by atoms with E-state index in [0.29, 0.717) is 26.1 Å². The fourth-order valence-corrected chi connectivity index (χ4v) is 1.98. The molecule has 2 amide bonds. The van der Waals surface area contributed by atoms with Crippen LogP contribution in [0, 0.1) is 0 Å². The molecule has 1 N–H and O–H groups in total. The monoisotopic (exact) mass is 238 g/mol. The number of hydrogen-bond acceptors (Lipinski definition) is 2. The predicted octanol–water partition coefficient (Wildman–Crippen LogP) is 1.33. The van der Waals surface area contributed by atoms with Crippen LogP contribution in [0.3, 0.4) is 0 Å². The Kier molecular flexibility index (Phi) is 4.75. The highest BCUT2D eigenvalue weighted by Crippen LogP contribution is 2.19. The van der Waals surface area contributed by atoms with Crippen molar-refractivity contribution in [1.29, 1.82) is 0 Å². The zero-order chi connectivity index (χ0) is 12.8. The van der Waals surface area contributed by atoms with E-state index in [4.69, 9.17) is 5.11 Å². The minimum atomic E-state index is -0.937. The number of amides is 2. The molecule has 1 rings (SSSR count). The molecular formula is C12H18N2O3. The van der Waals surface area contributed by atoms with Gasteiger partial charge in [0, 0.05) is 19.6 Å². The first kappa shape index (κ1) is 13.3. The molecule has 0 aromatic heterocycles. The van der Waals surface area contributed by atoms with E-state index in [1.165, 1.54) is 9.80 Å². The van der Waals surface area contributed by atoms with Crippen LogP contribution in [0.25, 0.3) is 0 Å². The number of carbonyl (C=O) groups is 2. The molecule has 1 heterocycles. The second kappa shape index (κ2) is 6.08. The van der Waals surface area contributed by atoms with Gasteiger partial charge in [0.05, 0.1) is 0 Å². The Labute approximate surface area is 101 Å². The fourth-order valence-electron chi connectivity index (χ4n) is 1.98. The van der Waals surface area contributed by atoms with Gasteiger partial charge in [-0.2, -0.15) is 0 Å². The van der Waals surface area contributed by atoms with Crippen LogP contribution in [-0.4, -0.2) is 52.6 Å². The van der Waals surface area contributed by atoms with Crippen LogP contribution in [0.15, 0.2) is 25.3 Å². The van der Waals surface area contributed by atoms with Gasteiger partial charge >= 0.3 is 12.0 Å². The van der Waals surface area contributed by atoms with Crippen LogP contribution in [0.2, 0.25) is 0 Å². The second-order valence-electron chi connectivity index (χ2n) is 3.95. The summed E-state index contributed by atoms with van der Waals surface area (Å²) in [6.07, 6.45) is 4.50. The molecule has 0 radical (unpaired) electrons. The van der Waals surface area contributed by atoms with E-state index >= 15 is 0 Å². The third-order valence-corrected chi connectivity index (χ3v) is 2.75. The molecular weight excluding hydrogens is 220 g/mol. The first-order valence-electron chi connectivity index (χ1n) is 5.62. The summed E-state index contributed by atoms with van der Waals surface area (Å²) < 4.78 is 0. The summed E-state index contributed by atoms with van der Waals surface area (Å²) in [5.41, 5.74) is 0. The smallest absolute Gasteiger partial charge is 0.326 e. The third-order valence-electron chi connectivity index (χ3n) is 2.75. The number of hydrogen-bond donors (Lipinski definition) is 1. The highest BCUT2D eigenvalue weighted by molar-refractivity contribution is 5.83. The number of likely N-dealkylation sites (tertiary alicyclic amines) is 1. The number of carbonyl (C=O) groups excluding carboxylic acids is 1. The summed E-state index contributed by atoms with van der Waals surface area (Å²) >= 11 is 0. The van der Waals surface area contributed by atoms with Crippen LogP contribution in [-0.2, 0) is 4.79 Å². The van der Waals surface area contributed by atoms with Crippen molar-refractivity contribution in [3.63, 3.8) is 0 Å². The maximum absolute atomic E-state index is 12.1. The summed E-state index contributed by atoms with van der Waals surface area (Å²) in [4.78, 5) is 26.1. The summed E-state index contributed by atoms with van der Waals surface area (Å²) in [5, 5.41) is 9.02. The SMILES string of the molecule is C=CCN(CC=C)C(=O)N1CCC[C@H]1C(=O)O. The lowest BCUT2D eigenvalue weighted by molar-refractivity contribution is -0.141. The number of carboxylic acids is 1. The van der Waals surface area contributed by atoms with Crippen LogP contribution in [0.5, 0.6) is 0 Å². The molecule has 0 aromatic carbocycles. The lowest BCUT2D eigenvalue weighted by atomic mass is 10.2. The Balaban J connectivity index is 2.74. The van der Waals surface area contributed by atoms with Crippen molar-refractivity contribution in [3.05, 3.63) is 25.3 Å². The highest BCUT2D eigenvalue weighted by Gasteiger charge is 2.35. The molecule has 5 heteroatoms. The van der Waals surface area contributed by atoms with E-state index in [1.807, 2.05) is 0 Å². The van der Waals surface area contributed by atoms with Gasteiger partial charge in [0.2, 0.25) is 0 Å². The maximum Gasteiger partial charge on any atom is 0.326 e. The predicted molar refractivity (Wildman–Crippen MR) is 64.7 cm³/mol. The van der Waals surface area contributed by atoms with Crippen molar-refractivity contribution >= 4 is 12.0 Å². The van der Waals surface area contributed by atoms with Crippen molar-refractivity contribution in [2.24, 2.45) is 0 Å². The van der Waals surface area contributed by atoms with Gasteiger partial charge in [-0.25, -0.2) is 9.59 Å². The molecule has 5 nitrogen and oxygen atoms in total. The van der Waals surface area contributed by atoms with Gasteiger partial charge in [-0.3, -0.25) is 0 Å². The van der Waals surface area contributed by atoms with Crippen molar-refractivity contribution < 1.29 is 14.7 Å². The summed E-state index contributed by atoms with van der Waals surface area (Å²) in [7, 11) is 0. The van der Waals surface area contributed by atoms with Gasteiger partial charge in [-0.15, -0.1) is 13.2 Å². The van der Waals surface area contributed by atoms with Gasteiger partial charge in [0.25, 0.3) is 0 Å². The van der Waals surface area contributed by atoms with Gasteiger partial charge in [-0.05, 0) is 12.8 Å². The van der Waals surface area contributed by atoms with Gasteiger partial charge in [0.1, 0.15) is 6.04 Å². The van der Waals surface area contributed by atoms with Crippen molar-refractivity contribution in [2.75, 3.05) is 19.6 Å². The van der Waals surface area contributed by atoms with Gasteiger partial charge < -0.3 is 14.9 Å². The molecule has 0 bridgehead atoms. The molecule has 94 valence electrons. The Bertz CT molecular complexity index is 318. The zero-order valence-corrected chi connectivity index (χ0v) is 9.84. The lowest BCUT2D eigenvalue weighted by Crippen LogP contribution is -2.48. The van der Waals surface area contributed by atoms with E-state index < -0.39 is 12.0 Å². The van der Waals surface area contributed by atoms with Crippen LogP contribution in [0.1, 0.15) is 12.8 Å². The number of urea groups is 1. The molecule has 1 aliphatic heterocycles. The normalized spacial score (nSPS) is 18.8. The van der Waals surface area contributed by atoms with E-state index in [2.05, 4.69) is 13.2 Å². The van der Waals surface area contributed by atoms with E-state index in [-0.39, 0.29) is 6.03 Å². The standard InChI is InChI=1S/C12H18N2O3/c1-3-7-13(8-4-2)12(17)14-9-5-6-10(14)11(15)16/h3-4,10H,1-2,5-9H2,(H,15,16)/t10-/m0/s1. The average molecular weight is 238 g/mol. The molecule has 1 aliphatic rings. The molecule has 1 saturated heterocycles. The van der Waals surface area contributed by atoms with Gasteiger partial charge in [-0.1, -0.05) is 12.2 Å². The Morgan fingerprint density at radius 1 is 1.35 bits per heavy atom. The zero-order valence-electron chi connectivity index (χ0n) is 9.84. The third kappa shape index (κ3) is 3.09. The number of rotatable bonds is 5. The van der Waals surface area contributed by atoms with E-state index in [1.54, 1.807) is 12.2 Å². The van der Waals surface area contributed by atoms with Crippen molar-refractivity contribution in [1.82, 2.24) is 9.80 Å². The van der Waals surface area contributed by atoms with E-state index in [0.717, 1.165) is 6.42 Å². The lowest BCUT2D eigenvalue weighted by Gasteiger charge is -2.28. The molecule has 0 aliphatic carbocycles. The van der Waals surface area contributed by atoms with Crippen molar-refractivity contribution in [2.45, 2.75) is 18.9 Å². The molecule has 1 atom stereocenters. The minimum Gasteiger partial charge on any atom is -0.480 e.